The maximum atomic E-state index is 14.4. The molecule has 8 nitrogen and oxygen atoms in total. The summed E-state index contributed by atoms with van der Waals surface area (Å²) in [5.74, 6) is -6.73. The Bertz CT molecular complexity index is 1190. The second-order valence-electron chi connectivity index (χ2n) is 6.86. The monoisotopic (exact) mass is 508 g/mol. The topological polar surface area (TPSA) is 127 Å². The molecule has 0 aromatic heterocycles. The van der Waals surface area contributed by atoms with Crippen LogP contribution in [0.15, 0.2) is 36.4 Å². The van der Waals surface area contributed by atoms with Gasteiger partial charge in [-0.15, -0.1) is 0 Å². The molecule has 0 atom stereocenters. The van der Waals surface area contributed by atoms with Crippen LogP contribution in [-0.4, -0.2) is 60.7 Å². The number of hydrogen-bond acceptors (Lipinski definition) is 6. The number of rotatable bonds is 6. The van der Waals surface area contributed by atoms with Crippen molar-refractivity contribution in [1.82, 2.24) is 0 Å². The number of carbonyl (C=O) groups excluding carboxylic acids is 2. The van der Waals surface area contributed by atoms with E-state index in [0.717, 1.165) is 14.2 Å². The summed E-state index contributed by atoms with van der Waals surface area (Å²) in [6.45, 7) is 0. The fourth-order valence-electron chi connectivity index (χ4n) is 3.47. The fourth-order valence-corrected chi connectivity index (χ4v) is 3.47. The van der Waals surface area contributed by atoms with Gasteiger partial charge in [0.05, 0.1) is 36.5 Å². The third-order valence-corrected chi connectivity index (χ3v) is 5.03. The minimum atomic E-state index is -6.20. The number of methoxy groups -OCH3 is 2. The molecule has 0 aliphatic carbocycles. The van der Waals surface area contributed by atoms with E-state index in [-0.39, 0.29) is 24.3 Å². The number of carboxylic acid groups (broad SMARTS) is 2. The number of carbonyl (C=O) groups is 4. The van der Waals surface area contributed by atoms with Gasteiger partial charge in [-0.1, -0.05) is 12.1 Å². The molecule has 2 N–H and O–H groups in total. The fraction of sp³-hybridized carbons (Fsp3) is 0.238. The number of hydrogen-bond donors (Lipinski definition) is 2. The first kappa shape index (κ1) is 27.1. The number of halogens is 6. The highest BCUT2D eigenvalue weighted by atomic mass is 19.4. The third kappa shape index (κ3) is 4.50. The summed E-state index contributed by atoms with van der Waals surface area (Å²) >= 11 is 0. The zero-order chi connectivity index (χ0) is 26.9. The molecule has 0 saturated carbocycles. The number of esters is 2. The van der Waals surface area contributed by atoms with Gasteiger partial charge in [0.25, 0.3) is 0 Å². The summed E-state index contributed by atoms with van der Waals surface area (Å²) in [5.41, 5.74) is -12.3. The van der Waals surface area contributed by atoms with Crippen molar-refractivity contribution < 1.29 is 65.2 Å². The van der Waals surface area contributed by atoms with E-state index in [1.165, 1.54) is 0 Å². The Morgan fingerprint density at radius 1 is 0.629 bits per heavy atom. The average Bonchev–Trinajstić information content (AvgIpc) is 2.76. The molecule has 14 heteroatoms. The Morgan fingerprint density at radius 3 is 1.37 bits per heavy atom. The van der Waals surface area contributed by atoms with Gasteiger partial charge < -0.3 is 19.7 Å². The molecular weight excluding hydrogens is 494 g/mol. The van der Waals surface area contributed by atoms with Gasteiger partial charge >= 0.3 is 36.2 Å². The number of ether oxygens (including phenoxy) is 2. The average molecular weight is 508 g/mol. The minimum Gasteiger partial charge on any atom is -0.478 e. The zero-order valence-corrected chi connectivity index (χ0v) is 17.6. The van der Waals surface area contributed by atoms with E-state index in [9.17, 15) is 55.7 Å². The lowest BCUT2D eigenvalue weighted by atomic mass is 9.71. The van der Waals surface area contributed by atoms with Crippen LogP contribution in [0.1, 0.15) is 52.6 Å². The molecular formula is C21H14F6O8. The Hall–Kier alpha value is -4.10. The lowest BCUT2D eigenvalue weighted by molar-refractivity contribution is -0.288. The summed E-state index contributed by atoms with van der Waals surface area (Å²) in [6, 6.07) is 1.29. The van der Waals surface area contributed by atoms with E-state index in [2.05, 4.69) is 9.47 Å². The summed E-state index contributed by atoms with van der Waals surface area (Å²) < 4.78 is 94.9. The first-order valence-electron chi connectivity index (χ1n) is 9.10. The Morgan fingerprint density at radius 2 is 1.00 bits per heavy atom. The predicted octanol–water partition coefficient (Wildman–Crippen LogP) is 4.07. The van der Waals surface area contributed by atoms with Gasteiger partial charge in [-0.25, -0.2) is 19.2 Å². The molecule has 0 fully saturated rings. The molecule has 0 amide bonds. The Kier molecular flexibility index (Phi) is 7.19. The van der Waals surface area contributed by atoms with E-state index >= 15 is 0 Å². The summed E-state index contributed by atoms with van der Waals surface area (Å²) in [5, 5.41) is 18.5. The first-order valence-corrected chi connectivity index (χ1v) is 9.10. The van der Waals surface area contributed by atoms with Gasteiger partial charge in [-0.3, -0.25) is 0 Å². The van der Waals surface area contributed by atoms with Crippen LogP contribution in [-0.2, 0) is 14.9 Å². The Balaban J connectivity index is 3.09. The maximum absolute atomic E-state index is 14.4. The van der Waals surface area contributed by atoms with Gasteiger partial charge in [0.2, 0.25) is 5.41 Å². The van der Waals surface area contributed by atoms with Gasteiger partial charge in [0.1, 0.15) is 0 Å². The summed E-state index contributed by atoms with van der Waals surface area (Å²) in [7, 11) is 1.54. The molecule has 0 saturated heterocycles. The zero-order valence-electron chi connectivity index (χ0n) is 17.6. The molecule has 0 aliphatic heterocycles. The van der Waals surface area contributed by atoms with Gasteiger partial charge in [-0.05, 0) is 35.4 Å². The van der Waals surface area contributed by atoms with Crippen molar-refractivity contribution in [1.29, 1.82) is 0 Å². The molecule has 0 heterocycles. The van der Waals surface area contributed by atoms with Gasteiger partial charge in [0.15, 0.2) is 0 Å². The lowest BCUT2D eigenvalue weighted by Crippen LogP contribution is -2.55. The van der Waals surface area contributed by atoms with Crippen LogP contribution in [0.5, 0.6) is 0 Å². The largest absolute Gasteiger partial charge is 0.478 e. The molecule has 2 aromatic carbocycles. The highest BCUT2D eigenvalue weighted by Gasteiger charge is 2.72. The molecule has 0 radical (unpaired) electrons. The highest BCUT2D eigenvalue weighted by Crippen LogP contribution is 2.56. The van der Waals surface area contributed by atoms with Crippen molar-refractivity contribution >= 4 is 23.9 Å². The smallest absolute Gasteiger partial charge is 0.411 e. The van der Waals surface area contributed by atoms with E-state index in [4.69, 9.17) is 0 Å². The third-order valence-electron chi connectivity index (χ3n) is 5.03. The van der Waals surface area contributed by atoms with Crippen molar-refractivity contribution in [2.45, 2.75) is 17.8 Å². The van der Waals surface area contributed by atoms with Crippen LogP contribution in [0.2, 0.25) is 0 Å². The van der Waals surface area contributed by atoms with Gasteiger partial charge in [0, 0.05) is 0 Å². The minimum absolute atomic E-state index is 0.0124. The van der Waals surface area contributed by atoms with Crippen molar-refractivity contribution in [2.75, 3.05) is 14.2 Å². The van der Waals surface area contributed by atoms with Crippen LogP contribution in [0.3, 0.4) is 0 Å². The second kappa shape index (κ2) is 9.27. The number of carboxylic acids is 2. The highest BCUT2D eigenvalue weighted by molar-refractivity contribution is 6.03. The molecule has 188 valence electrons. The Labute approximate surface area is 191 Å². The van der Waals surface area contributed by atoms with Crippen LogP contribution in [0.4, 0.5) is 26.3 Å². The molecule has 35 heavy (non-hydrogen) atoms. The van der Waals surface area contributed by atoms with E-state index in [1.807, 2.05) is 0 Å². The molecule has 2 aromatic rings. The standard InChI is InChI=1S/C21H14F6O8/c1-34-17(32)12-6-4-9(7-13(12)16(30)31)19(20(22,23)24,21(25,26)27)10-3-5-11(15(28)29)14(8-10)18(33)35-2/h3-8H,1-2H3,(H,28,29)(H,30,31). The maximum Gasteiger partial charge on any atom is 0.411 e. The van der Waals surface area contributed by atoms with Crippen LogP contribution < -0.4 is 0 Å². The molecule has 0 spiro atoms. The molecule has 0 aliphatic rings. The van der Waals surface area contributed by atoms with E-state index in [0.29, 0.717) is 12.1 Å². The first-order chi connectivity index (χ1) is 16.0. The number of alkyl halides is 6. The van der Waals surface area contributed by atoms with Crippen molar-refractivity contribution in [2.24, 2.45) is 0 Å². The summed E-state index contributed by atoms with van der Waals surface area (Å²) in [6.07, 6.45) is -12.4. The van der Waals surface area contributed by atoms with Crippen molar-refractivity contribution in [3.63, 3.8) is 0 Å². The molecule has 2 rings (SSSR count). The van der Waals surface area contributed by atoms with Crippen LogP contribution >= 0.6 is 0 Å². The molecule has 0 bridgehead atoms. The van der Waals surface area contributed by atoms with E-state index in [1.54, 1.807) is 0 Å². The van der Waals surface area contributed by atoms with Gasteiger partial charge in [-0.2, -0.15) is 26.3 Å². The predicted molar refractivity (Wildman–Crippen MR) is 102 cm³/mol. The normalized spacial score (nSPS) is 12.1. The summed E-state index contributed by atoms with van der Waals surface area (Å²) in [4.78, 5) is 46.7. The van der Waals surface area contributed by atoms with Crippen LogP contribution in [0, 0.1) is 0 Å². The quantitative estimate of drug-likeness (QED) is 0.442. The van der Waals surface area contributed by atoms with Crippen molar-refractivity contribution in [3.05, 3.63) is 69.8 Å². The second-order valence-corrected chi connectivity index (χ2v) is 6.86. The molecule has 0 unspecified atom stereocenters. The number of aromatic carboxylic acids is 2. The van der Waals surface area contributed by atoms with E-state index < -0.39 is 75.0 Å². The van der Waals surface area contributed by atoms with Crippen molar-refractivity contribution in [3.8, 4) is 0 Å². The SMILES string of the molecule is COC(=O)c1ccc(C(c2ccc(C(=O)O)c(C(=O)OC)c2)(C(F)(F)F)C(F)(F)F)cc1C(=O)O. The number of benzene rings is 2. The van der Waals surface area contributed by atoms with Crippen LogP contribution in [0.25, 0.3) is 0 Å². The lowest BCUT2D eigenvalue weighted by Gasteiger charge is -2.38.